The van der Waals surface area contributed by atoms with E-state index in [1.807, 2.05) is 0 Å². The molecule has 46 valence electrons. The van der Waals surface area contributed by atoms with Crippen molar-refractivity contribution in [2.75, 3.05) is 0 Å². The van der Waals surface area contributed by atoms with Gasteiger partial charge >= 0.3 is 62.6 Å². The van der Waals surface area contributed by atoms with E-state index < -0.39 is 5.69 Å². The fourth-order valence-electron chi connectivity index (χ4n) is 0.387. The number of aromatic nitrogens is 3. The molecule has 0 spiro atoms. The van der Waals surface area contributed by atoms with Crippen LogP contribution in [0.5, 0.6) is 0 Å². The van der Waals surface area contributed by atoms with Crippen LogP contribution in [-0.2, 0) is 0 Å². The number of rotatable bonds is 1. The van der Waals surface area contributed by atoms with Gasteiger partial charge in [0, 0.05) is 0 Å². The van der Waals surface area contributed by atoms with Crippen molar-refractivity contribution in [1.29, 1.82) is 0 Å². The number of hydrogen-bond acceptors (Lipinski definition) is 3. The molecular formula is C3H3N3O2Sn. The zero-order chi connectivity index (χ0) is 6.85. The fourth-order valence-corrected chi connectivity index (χ4v) is 0.777. The molecule has 0 fully saturated rings. The molecule has 6 heteroatoms. The van der Waals surface area contributed by atoms with Gasteiger partial charge in [-0.25, -0.2) is 0 Å². The quantitative estimate of drug-likeness (QED) is 0.557. The molecule has 0 saturated heterocycles. The van der Waals surface area contributed by atoms with Crippen molar-refractivity contribution in [2.45, 2.75) is 0 Å². The molecule has 0 aliphatic rings. The monoisotopic (exact) mass is 233 g/mol. The summed E-state index contributed by atoms with van der Waals surface area (Å²) in [6, 6.07) is 0. The number of H-pyrrole nitrogens is 2. The molecule has 0 aromatic carbocycles. The van der Waals surface area contributed by atoms with Gasteiger partial charge in [-0.3, -0.25) is 0 Å². The normalized spacial score (nSPS) is 9.44. The second kappa shape index (κ2) is 2.34. The predicted octanol–water partition coefficient (Wildman–Crippen LogP) is -1.86. The van der Waals surface area contributed by atoms with Crippen molar-refractivity contribution in [1.82, 2.24) is 15.2 Å². The average molecular weight is 232 g/mol. The van der Waals surface area contributed by atoms with E-state index in [0.717, 1.165) is 0 Å². The summed E-state index contributed by atoms with van der Waals surface area (Å²) in [7, 11) is 0. The van der Waals surface area contributed by atoms with Crippen molar-refractivity contribution in [3.05, 3.63) is 16.3 Å². The summed E-state index contributed by atoms with van der Waals surface area (Å²) in [5.74, 6) is 0.127. The van der Waals surface area contributed by atoms with Gasteiger partial charge in [-0.15, -0.1) is 0 Å². The molecule has 1 heterocycles. The van der Waals surface area contributed by atoms with Crippen LogP contribution in [0.25, 0.3) is 0 Å². The van der Waals surface area contributed by atoms with Gasteiger partial charge in [0.2, 0.25) is 0 Å². The molecule has 0 unspecified atom stereocenters. The van der Waals surface area contributed by atoms with E-state index in [4.69, 9.17) is 0 Å². The number of nitrogens with zero attached hydrogens (tertiary/aromatic N) is 1. The van der Waals surface area contributed by atoms with Crippen LogP contribution in [0.2, 0.25) is 0 Å². The number of aromatic amines is 2. The fraction of sp³-hybridized carbons (Fsp3) is 0. The first kappa shape index (κ1) is 6.53. The Morgan fingerprint density at radius 1 is 1.67 bits per heavy atom. The van der Waals surface area contributed by atoms with E-state index in [1.54, 1.807) is 0 Å². The van der Waals surface area contributed by atoms with E-state index in [9.17, 15) is 9.59 Å². The molecule has 9 heavy (non-hydrogen) atoms. The molecule has 2 N–H and O–H groups in total. The van der Waals surface area contributed by atoms with Gasteiger partial charge in [0.1, 0.15) is 0 Å². The summed E-state index contributed by atoms with van der Waals surface area (Å²) < 4.78 is -0.126. The summed E-state index contributed by atoms with van der Waals surface area (Å²) in [6.45, 7) is 0. The van der Waals surface area contributed by atoms with Crippen LogP contribution in [0, 0.1) is 0 Å². The Balaban J connectivity index is 3.12. The van der Waals surface area contributed by atoms with Crippen LogP contribution in [0.3, 0.4) is 0 Å². The van der Waals surface area contributed by atoms with Crippen molar-refractivity contribution < 1.29 is 4.79 Å². The van der Waals surface area contributed by atoms with Crippen LogP contribution < -0.4 is 5.69 Å². The van der Waals surface area contributed by atoms with Crippen molar-refractivity contribution >= 4 is 26.3 Å². The molecule has 0 atom stereocenters. The number of carbonyl (C=O) groups is 1. The molecule has 0 aliphatic carbocycles. The Hall–Kier alpha value is -0.591. The summed E-state index contributed by atoms with van der Waals surface area (Å²) in [6.07, 6.45) is 0. The van der Waals surface area contributed by atoms with Crippen molar-refractivity contribution in [3.8, 4) is 0 Å². The summed E-state index contributed by atoms with van der Waals surface area (Å²) in [5.41, 5.74) is -0.437. The number of carbonyl (C=O) groups excluding carboxylic acids is 1. The van der Waals surface area contributed by atoms with E-state index >= 15 is 0 Å². The van der Waals surface area contributed by atoms with E-state index in [-0.39, 0.29) is 9.62 Å². The Kier molecular flexibility index (Phi) is 1.70. The molecule has 0 amide bonds. The predicted molar refractivity (Wildman–Crippen MR) is 30.7 cm³/mol. The van der Waals surface area contributed by atoms with Gasteiger partial charge in [0.25, 0.3) is 0 Å². The minimum absolute atomic E-state index is 0.126. The molecular weight excluding hydrogens is 229 g/mol. The minimum atomic E-state index is -0.437. The van der Waals surface area contributed by atoms with Crippen LogP contribution in [-0.4, -0.2) is 41.5 Å². The van der Waals surface area contributed by atoms with E-state index in [1.165, 1.54) is 0 Å². The topological polar surface area (TPSA) is 78.6 Å². The molecule has 0 aliphatic heterocycles. The molecule has 5 nitrogen and oxygen atoms in total. The molecule has 0 bridgehead atoms. The SMILES string of the molecule is O=[C]([SnH])c1n[nH]c(=O)[nH]1. The number of hydrogen-bond donors (Lipinski definition) is 2. The summed E-state index contributed by atoms with van der Waals surface area (Å²) in [5, 5.41) is 5.49. The Labute approximate surface area is 62.9 Å². The van der Waals surface area contributed by atoms with Gasteiger partial charge in [0.05, 0.1) is 0 Å². The maximum absolute atomic E-state index is 10.5. The van der Waals surface area contributed by atoms with Gasteiger partial charge in [-0.05, 0) is 0 Å². The Morgan fingerprint density at radius 3 is 2.56 bits per heavy atom. The Morgan fingerprint density at radius 2 is 2.33 bits per heavy atom. The second-order valence-corrected chi connectivity index (χ2v) is 2.89. The average Bonchev–Trinajstić information content (AvgIpc) is 2.14. The van der Waals surface area contributed by atoms with Gasteiger partial charge in [-0.1, -0.05) is 0 Å². The molecule has 2 radical (unpaired) electrons. The zero-order valence-electron chi connectivity index (χ0n) is 4.34. The van der Waals surface area contributed by atoms with Crippen molar-refractivity contribution in [3.63, 3.8) is 0 Å². The van der Waals surface area contributed by atoms with Crippen molar-refractivity contribution in [2.24, 2.45) is 0 Å². The van der Waals surface area contributed by atoms with Crippen LogP contribution in [0.4, 0.5) is 0 Å². The third kappa shape index (κ3) is 1.41. The van der Waals surface area contributed by atoms with Gasteiger partial charge < -0.3 is 0 Å². The third-order valence-corrected chi connectivity index (χ3v) is 1.51. The van der Waals surface area contributed by atoms with Crippen LogP contribution >= 0.6 is 0 Å². The summed E-state index contributed by atoms with van der Waals surface area (Å²) in [4.78, 5) is 23.0. The third-order valence-electron chi connectivity index (χ3n) is 0.735. The zero-order valence-corrected chi connectivity index (χ0v) is 7.64. The second-order valence-electron chi connectivity index (χ2n) is 1.39. The van der Waals surface area contributed by atoms with E-state index in [0.29, 0.717) is 22.5 Å². The summed E-state index contributed by atoms with van der Waals surface area (Å²) >= 11 is 0.439. The molecule has 1 aromatic heterocycles. The van der Waals surface area contributed by atoms with E-state index in [2.05, 4.69) is 15.2 Å². The van der Waals surface area contributed by atoms with Gasteiger partial charge in [0.15, 0.2) is 0 Å². The molecule has 0 saturated carbocycles. The first-order valence-electron chi connectivity index (χ1n) is 2.14. The maximum atomic E-state index is 10.5. The van der Waals surface area contributed by atoms with Gasteiger partial charge in [-0.2, -0.15) is 0 Å². The molecule has 1 rings (SSSR count). The first-order valence-corrected chi connectivity index (χ1v) is 3.79. The first-order chi connectivity index (χ1) is 4.20. The van der Waals surface area contributed by atoms with Crippen LogP contribution in [0.15, 0.2) is 4.79 Å². The standard InChI is InChI=1S/C3H2N3O2.Sn.H/c7-1-2-4-3(8)6-5-2;;/h(H2,4,5,6,8);;. The van der Waals surface area contributed by atoms with Crippen LogP contribution in [0.1, 0.15) is 10.6 Å². The Bertz CT molecular complexity index is 275. The molecule has 1 aromatic rings. The number of nitrogens with one attached hydrogen (secondary N) is 2.